The molecular formula is C51H85BrClNO3. The Balaban J connectivity index is -0.0000000563. The van der Waals surface area contributed by atoms with E-state index in [9.17, 15) is 4.79 Å². The number of carbonyl (C=O) groups is 1. The van der Waals surface area contributed by atoms with Crippen LogP contribution in [0, 0.1) is 11.3 Å². The second-order valence-electron chi connectivity index (χ2n) is 8.24. The van der Waals surface area contributed by atoms with Gasteiger partial charge in [-0.05, 0) is 41.0 Å². The van der Waals surface area contributed by atoms with Crippen LogP contribution in [0.4, 0.5) is 0 Å². The molecule has 0 amide bonds. The third kappa shape index (κ3) is 53.9. The molecule has 1 N–H and O–H groups in total. The summed E-state index contributed by atoms with van der Waals surface area (Å²) in [7, 11) is 1.37. The summed E-state index contributed by atoms with van der Waals surface area (Å²) in [6.45, 7) is 20.1. The van der Waals surface area contributed by atoms with Crippen molar-refractivity contribution in [3.8, 4) is 6.07 Å². The summed E-state index contributed by atoms with van der Waals surface area (Å²) in [5.41, 5.74) is 3.81. The van der Waals surface area contributed by atoms with E-state index in [4.69, 9.17) is 22.0 Å². The lowest BCUT2D eigenvalue weighted by Gasteiger charge is -1.95. The van der Waals surface area contributed by atoms with Crippen LogP contribution in [0.25, 0.3) is 0 Å². The van der Waals surface area contributed by atoms with E-state index in [2.05, 4.69) is 26.7 Å². The Morgan fingerprint density at radius 2 is 0.825 bits per heavy atom. The van der Waals surface area contributed by atoms with Crippen molar-refractivity contribution < 1.29 is 14.6 Å². The van der Waals surface area contributed by atoms with Gasteiger partial charge in [0.1, 0.15) is 0 Å². The molecule has 0 atom stereocenters. The van der Waals surface area contributed by atoms with Gasteiger partial charge in [-0.15, -0.1) is 11.6 Å². The van der Waals surface area contributed by atoms with E-state index >= 15 is 0 Å². The predicted molar refractivity (Wildman–Crippen MR) is 266 cm³/mol. The van der Waals surface area contributed by atoms with Gasteiger partial charge in [-0.2, -0.15) is 5.26 Å². The molecule has 0 fully saturated rings. The van der Waals surface area contributed by atoms with E-state index in [1.807, 2.05) is 197 Å². The fourth-order valence-electron chi connectivity index (χ4n) is 2.94. The largest absolute Gasteiger partial charge is 0.465 e. The molecule has 4 nitrogen and oxygen atoms in total. The fraction of sp³-hybridized carbons (Fsp3) is 0.373. The molecule has 5 aromatic rings. The third-order valence-electron chi connectivity index (χ3n) is 5.08. The maximum Gasteiger partial charge on any atom is 0.337 e. The van der Waals surface area contributed by atoms with E-state index in [1.54, 1.807) is 24.3 Å². The Morgan fingerprint density at radius 3 is 1.04 bits per heavy atom. The number of aliphatic hydroxyl groups excluding tert-OH is 1. The molecule has 0 spiro atoms. The number of nitriles is 1. The van der Waals surface area contributed by atoms with E-state index in [-0.39, 0.29) is 49.7 Å². The molecule has 0 saturated heterocycles. The highest BCUT2D eigenvalue weighted by Crippen LogP contribution is 2.05. The van der Waals surface area contributed by atoms with Gasteiger partial charge < -0.3 is 9.84 Å². The van der Waals surface area contributed by atoms with Crippen LogP contribution in [0.2, 0.25) is 0 Å². The van der Waals surface area contributed by atoms with Crippen molar-refractivity contribution in [2.24, 2.45) is 0 Å². The number of rotatable bonds is 4. The minimum Gasteiger partial charge on any atom is -0.465 e. The van der Waals surface area contributed by atoms with E-state index < -0.39 is 0 Å². The minimum atomic E-state index is -0.291. The number of methoxy groups -OCH3 is 1. The maximum atomic E-state index is 10.8. The molecule has 0 radical (unpaired) electrons. The Bertz CT molecular complexity index is 1330. The molecule has 0 aliphatic rings. The highest BCUT2D eigenvalue weighted by Gasteiger charge is 2.00. The number of halogens is 2. The minimum absolute atomic E-state index is 0. The molecule has 5 aromatic carbocycles. The van der Waals surface area contributed by atoms with Gasteiger partial charge >= 0.3 is 5.97 Å². The first-order valence-corrected chi connectivity index (χ1v) is 19.4. The van der Waals surface area contributed by atoms with Crippen molar-refractivity contribution >= 4 is 33.5 Å². The lowest BCUT2D eigenvalue weighted by Crippen LogP contribution is -1.99. The maximum absolute atomic E-state index is 10.8. The Hall–Kier alpha value is -4.21. The highest BCUT2D eigenvalue weighted by atomic mass is 79.9. The average Bonchev–Trinajstić information content (AvgIpc) is 3.27. The molecule has 57 heavy (non-hydrogen) atoms. The Morgan fingerprint density at radius 1 is 0.544 bits per heavy atom. The van der Waals surface area contributed by atoms with Gasteiger partial charge in [0.2, 0.25) is 0 Å². The predicted octanol–water partition coefficient (Wildman–Crippen LogP) is 17.6. The van der Waals surface area contributed by atoms with Gasteiger partial charge in [0, 0.05) is 10.4 Å². The summed E-state index contributed by atoms with van der Waals surface area (Å²) in [5, 5.41) is 16.8. The van der Waals surface area contributed by atoms with E-state index in [0.717, 1.165) is 15.6 Å². The summed E-state index contributed by atoms with van der Waals surface area (Å²) < 4.78 is 5.63. The highest BCUT2D eigenvalue weighted by molar-refractivity contribution is 9.10. The number of carbonyl (C=O) groups excluding carboxylic acids is 1. The first-order chi connectivity index (χ1) is 25.5. The Kier molecular flexibility index (Phi) is 94.5. The number of aliphatic hydroxyl groups is 1. The number of hydrogen-bond donors (Lipinski definition) is 1. The Labute approximate surface area is 368 Å². The zero-order valence-electron chi connectivity index (χ0n) is 33.5. The lowest BCUT2D eigenvalue weighted by atomic mass is 10.2. The smallest absolute Gasteiger partial charge is 0.337 e. The topological polar surface area (TPSA) is 70.3 Å². The molecule has 0 aliphatic carbocycles. The van der Waals surface area contributed by atoms with E-state index in [0.29, 0.717) is 17.9 Å². The van der Waals surface area contributed by atoms with Crippen molar-refractivity contribution in [3.63, 3.8) is 0 Å². The summed E-state index contributed by atoms with van der Waals surface area (Å²) in [6, 6.07) is 50.1. The van der Waals surface area contributed by atoms with Crippen LogP contribution in [-0.2, 0) is 23.6 Å². The monoisotopic (exact) mass is 874 g/mol. The SMILES string of the molecule is Brc1ccccc1.C.C.C.C.C.CC.CC.CC.CC.CC.COC(=O)c1ccccc1.ClCc1ccccc1.N#CCc1ccccc1.OCc1ccccc1. The second-order valence-corrected chi connectivity index (χ2v) is 9.42. The van der Waals surface area contributed by atoms with Gasteiger partial charge in [0.25, 0.3) is 0 Å². The van der Waals surface area contributed by atoms with Gasteiger partial charge in [-0.3, -0.25) is 0 Å². The van der Waals surface area contributed by atoms with Crippen molar-refractivity contribution in [2.45, 2.75) is 125 Å². The molecule has 326 valence electrons. The van der Waals surface area contributed by atoms with Crippen molar-refractivity contribution in [3.05, 3.63) is 178 Å². The van der Waals surface area contributed by atoms with E-state index in [1.165, 1.54) is 12.7 Å². The van der Waals surface area contributed by atoms with Gasteiger partial charge in [0.05, 0.1) is 31.8 Å². The molecule has 0 aromatic heterocycles. The van der Waals surface area contributed by atoms with Gasteiger partial charge in [0.15, 0.2) is 0 Å². The molecule has 0 aliphatic heterocycles. The zero-order chi connectivity index (χ0) is 40.7. The number of ether oxygens (including phenoxy) is 1. The van der Waals surface area contributed by atoms with Crippen molar-refractivity contribution in [1.29, 1.82) is 5.26 Å². The summed E-state index contributed by atoms with van der Waals surface area (Å²) in [5.74, 6) is 0.321. The van der Waals surface area contributed by atoms with Crippen LogP contribution < -0.4 is 0 Å². The van der Waals surface area contributed by atoms with Crippen LogP contribution in [0.3, 0.4) is 0 Å². The van der Waals surface area contributed by atoms with Crippen LogP contribution in [0.15, 0.2) is 156 Å². The fourth-order valence-corrected chi connectivity index (χ4v) is 3.43. The number of hydrogen-bond acceptors (Lipinski definition) is 4. The third-order valence-corrected chi connectivity index (χ3v) is 5.91. The average molecular weight is 876 g/mol. The molecule has 5 rings (SSSR count). The normalized spacial score (nSPS) is 7.04. The lowest BCUT2D eigenvalue weighted by molar-refractivity contribution is 0.0600. The van der Waals surface area contributed by atoms with Gasteiger partial charge in [-0.1, -0.05) is 250 Å². The molecule has 0 heterocycles. The van der Waals surface area contributed by atoms with Gasteiger partial charge in [-0.25, -0.2) is 4.79 Å². The molecule has 0 saturated carbocycles. The number of nitrogens with zero attached hydrogens (tertiary/aromatic N) is 1. The quantitative estimate of drug-likeness (QED) is 0.144. The number of alkyl halides is 1. The first-order valence-electron chi connectivity index (χ1n) is 18.0. The van der Waals surface area contributed by atoms with Crippen LogP contribution >= 0.6 is 27.5 Å². The molecule has 0 unspecified atom stereocenters. The summed E-state index contributed by atoms with van der Waals surface area (Å²) >= 11 is 8.84. The number of benzene rings is 5. The summed E-state index contributed by atoms with van der Waals surface area (Å²) in [6.07, 6.45) is 0.515. The first kappa shape index (κ1) is 77.3. The molecule has 6 heteroatoms. The van der Waals surface area contributed by atoms with Crippen LogP contribution in [0.1, 0.15) is 133 Å². The standard InChI is InChI=1S/C8H7N.C8H8O2.C7H7Cl.C7H8O.C6H5Br.5C2H6.5CH4/c9-7-6-8-4-2-1-3-5-8;1-10-8(9)7-5-3-2-4-6-7;2*8-6-7-4-2-1-3-5-7;7-6-4-2-1-3-5-6;5*1-2;;;;;/h1-5H,6H2;2-6H,1H3;1-5H,6H2;1-5,8H,6H2;1-5H;5*1-2H3;5*1H4. The zero-order valence-corrected chi connectivity index (χ0v) is 35.9. The van der Waals surface area contributed by atoms with Crippen LogP contribution in [-0.4, -0.2) is 18.2 Å². The summed E-state index contributed by atoms with van der Waals surface area (Å²) in [4.78, 5) is 10.8. The van der Waals surface area contributed by atoms with Crippen molar-refractivity contribution in [2.75, 3.05) is 7.11 Å². The molecule has 0 bridgehead atoms. The second kappa shape index (κ2) is 69.7. The van der Waals surface area contributed by atoms with Crippen molar-refractivity contribution in [1.82, 2.24) is 0 Å². The molecular weight excluding hydrogens is 790 g/mol. The van der Waals surface area contributed by atoms with Crippen LogP contribution in [0.5, 0.6) is 0 Å². The number of esters is 1.